The molecule has 0 unspecified atom stereocenters. The lowest BCUT2D eigenvalue weighted by Gasteiger charge is -2.48. The van der Waals surface area contributed by atoms with Crippen LogP contribution in [0.5, 0.6) is 0 Å². The van der Waals surface area contributed by atoms with E-state index in [4.69, 9.17) is 4.74 Å². The summed E-state index contributed by atoms with van der Waals surface area (Å²) in [6, 6.07) is 36.7. The summed E-state index contributed by atoms with van der Waals surface area (Å²) in [5, 5.41) is 10.3. The molecule has 182 valence electrons. The summed E-state index contributed by atoms with van der Waals surface area (Å²) in [5.41, 5.74) is 5.91. The molecule has 5 rings (SSSR count). The molecule has 0 aromatic heterocycles. The number of aliphatic hydroxyl groups is 1. The van der Waals surface area contributed by atoms with E-state index in [0.29, 0.717) is 6.54 Å². The van der Waals surface area contributed by atoms with Gasteiger partial charge in [0.1, 0.15) is 6.04 Å². The van der Waals surface area contributed by atoms with Crippen molar-refractivity contribution in [2.45, 2.75) is 25.0 Å². The van der Waals surface area contributed by atoms with E-state index in [-0.39, 0.29) is 18.5 Å². The van der Waals surface area contributed by atoms with E-state index in [1.807, 2.05) is 43.3 Å². The Labute approximate surface area is 212 Å². The Morgan fingerprint density at radius 1 is 0.806 bits per heavy atom. The average molecular weight is 478 g/mol. The normalized spacial score (nSPS) is 15.1. The first-order chi connectivity index (χ1) is 17.6. The maximum absolute atomic E-state index is 13.5. The molecule has 4 nitrogen and oxygen atoms in total. The topological polar surface area (TPSA) is 49.8 Å². The number of ether oxygens (including phenoxy) is 1. The third-order valence-corrected chi connectivity index (χ3v) is 7.35. The van der Waals surface area contributed by atoms with Gasteiger partial charge in [-0.25, -0.2) is 0 Å². The summed E-state index contributed by atoms with van der Waals surface area (Å²) in [4.78, 5) is 15.8. The number of carbonyl (C=O) groups is 1. The van der Waals surface area contributed by atoms with Crippen LogP contribution in [0.4, 0.5) is 0 Å². The quantitative estimate of drug-likeness (QED) is 0.334. The van der Waals surface area contributed by atoms with Gasteiger partial charge in [-0.1, -0.05) is 116 Å². The highest BCUT2D eigenvalue weighted by Gasteiger charge is 2.53. The Balaban J connectivity index is 1.89. The van der Waals surface area contributed by atoms with Gasteiger partial charge in [0.15, 0.2) is 0 Å². The van der Waals surface area contributed by atoms with Crippen LogP contribution < -0.4 is 0 Å². The van der Waals surface area contributed by atoms with Crippen LogP contribution in [-0.2, 0) is 21.6 Å². The van der Waals surface area contributed by atoms with Gasteiger partial charge < -0.3 is 9.84 Å². The van der Waals surface area contributed by atoms with E-state index < -0.39 is 11.6 Å². The molecule has 0 aliphatic heterocycles. The molecule has 0 spiro atoms. The van der Waals surface area contributed by atoms with Crippen molar-refractivity contribution in [3.8, 4) is 11.1 Å². The molecular weight excluding hydrogens is 446 g/mol. The fraction of sp³-hybridized carbons (Fsp3) is 0.219. The van der Waals surface area contributed by atoms with Gasteiger partial charge in [0, 0.05) is 19.1 Å². The highest BCUT2D eigenvalue weighted by molar-refractivity contribution is 5.84. The van der Waals surface area contributed by atoms with Crippen molar-refractivity contribution in [2.24, 2.45) is 5.92 Å². The van der Waals surface area contributed by atoms with Gasteiger partial charge >= 0.3 is 5.97 Å². The first kappa shape index (κ1) is 24.0. The first-order valence-corrected chi connectivity index (χ1v) is 12.4. The molecule has 1 aliphatic rings. The van der Waals surface area contributed by atoms with E-state index in [1.54, 1.807) is 0 Å². The Morgan fingerprint density at radius 3 is 1.83 bits per heavy atom. The van der Waals surface area contributed by atoms with Gasteiger partial charge in [-0.3, -0.25) is 9.69 Å². The predicted molar refractivity (Wildman–Crippen MR) is 142 cm³/mol. The van der Waals surface area contributed by atoms with Crippen LogP contribution in [-0.4, -0.2) is 35.7 Å². The molecule has 0 fully saturated rings. The number of nitrogens with zero attached hydrogens (tertiary/aromatic N) is 1. The summed E-state index contributed by atoms with van der Waals surface area (Å²) in [6.45, 7) is 2.26. The first-order valence-electron chi connectivity index (χ1n) is 12.4. The molecule has 4 aromatic carbocycles. The zero-order valence-corrected chi connectivity index (χ0v) is 20.7. The van der Waals surface area contributed by atoms with E-state index in [1.165, 1.54) is 7.11 Å². The van der Waals surface area contributed by atoms with Gasteiger partial charge in [-0.05, 0) is 33.4 Å². The van der Waals surface area contributed by atoms with Gasteiger partial charge in [0.25, 0.3) is 0 Å². The third-order valence-electron chi connectivity index (χ3n) is 7.35. The number of aliphatic hydroxyl groups excluding tert-OH is 1. The van der Waals surface area contributed by atoms with E-state index in [2.05, 4.69) is 77.7 Å². The van der Waals surface area contributed by atoms with Crippen LogP contribution in [0.25, 0.3) is 11.1 Å². The van der Waals surface area contributed by atoms with E-state index >= 15 is 0 Å². The van der Waals surface area contributed by atoms with Crippen LogP contribution in [0.15, 0.2) is 109 Å². The predicted octanol–water partition coefficient (Wildman–Crippen LogP) is 5.63. The molecule has 1 aliphatic carbocycles. The molecule has 2 atom stereocenters. The van der Waals surface area contributed by atoms with Crippen molar-refractivity contribution in [3.63, 3.8) is 0 Å². The lowest BCUT2D eigenvalue weighted by atomic mass is 9.76. The minimum absolute atomic E-state index is 0.140. The molecule has 4 aromatic rings. The highest BCUT2D eigenvalue weighted by Crippen LogP contribution is 2.55. The van der Waals surface area contributed by atoms with Crippen molar-refractivity contribution in [1.82, 2.24) is 4.90 Å². The van der Waals surface area contributed by atoms with Crippen LogP contribution in [0, 0.1) is 5.92 Å². The van der Waals surface area contributed by atoms with Crippen molar-refractivity contribution in [2.75, 3.05) is 13.7 Å². The molecule has 0 saturated heterocycles. The van der Waals surface area contributed by atoms with Gasteiger partial charge in [-0.2, -0.15) is 0 Å². The Hall–Kier alpha value is -3.73. The summed E-state index contributed by atoms with van der Waals surface area (Å²) in [5.74, 6) is -0.716. The molecule has 0 saturated carbocycles. The number of hydrogen-bond acceptors (Lipinski definition) is 4. The van der Waals surface area contributed by atoms with Crippen molar-refractivity contribution in [1.29, 1.82) is 0 Å². The molecule has 0 amide bonds. The van der Waals surface area contributed by atoms with Gasteiger partial charge in [0.2, 0.25) is 0 Å². The minimum Gasteiger partial charge on any atom is -0.468 e. The zero-order chi connectivity index (χ0) is 25.1. The summed E-state index contributed by atoms with van der Waals surface area (Å²) < 4.78 is 5.38. The summed E-state index contributed by atoms with van der Waals surface area (Å²) in [6.07, 6.45) is 0. The van der Waals surface area contributed by atoms with Crippen LogP contribution in [0.1, 0.15) is 29.2 Å². The highest BCUT2D eigenvalue weighted by atomic mass is 16.5. The SMILES string of the molecule is COC(=O)[C@H]([C@@H](C)CO)N(Cc1ccccc1)C1(c2ccccc2)c2ccccc2-c2ccccc21. The van der Waals surface area contributed by atoms with Crippen molar-refractivity contribution >= 4 is 5.97 Å². The number of rotatable bonds is 8. The molecular formula is C32H31NO3. The summed E-state index contributed by atoms with van der Waals surface area (Å²) >= 11 is 0. The number of methoxy groups -OCH3 is 1. The average Bonchev–Trinajstić information content (AvgIpc) is 3.24. The number of carbonyl (C=O) groups excluding carboxylic acids is 1. The third kappa shape index (κ3) is 3.83. The van der Waals surface area contributed by atoms with Crippen LogP contribution in [0.2, 0.25) is 0 Å². The Bertz CT molecular complexity index is 1290. The monoisotopic (exact) mass is 477 g/mol. The molecule has 0 bridgehead atoms. The van der Waals surface area contributed by atoms with Crippen molar-refractivity contribution in [3.05, 3.63) is 131 Å². The standard InChI is InChI=1S/C32H31NO3/c1-23(22-34)30(31(35)36-2)33(21-24-13-5-3-6-14-24)32(25-15-7-4-8-16-25)28-19-11-9-17-26(28)27-18-10-12-20-29(27)32/h3-20,23,30,34H,21-22H2,1-2H3/t23-,30-/m0/s1. The van der Waals surface area contributed by atoms with Crippen molar-refractivity contribution < 1.29 is 14.6 Å². The van der Waals surface area contributed by atoms with Gasteiger partial charge in [-0.15, -0.1) is 0 Å². The largest absolute Gasteiger partial charge is 0.468 e. The Morgan fingerprint density at radius 2 is 1.31 bits per heavy atom. The lowest BCUT2D eigenvalue weighted by molar-refractivity contribution is -0.152. The zero-order valence-electron chi connectivity index (χ0n) is 20.7. The number of benzene rings is 4. The van der Waals surface area contributed by atoms with E-state index in [0.717, 1.165) is 33.4 Å². The molecule has 4 heteroatoms. The molecule has 0 radical (unpaired) electrons. The lowest BCUT2D eigenvalue weighted by Crippen LogP contribution is -2.57. The second-order valence-electron chi connectivity index (χ2n) is 9.41. The number of esters is 1. The number of hydrogen-bond donors (Lipinski definition) is 1. The second kappa shape index (κ2) is 10.1. The maximum atomic E-state index is 13.5. The van der Waals surface area contributed by atoms with E-state index in [9.17, 15) is 9.90 Å². The maximum Gasteiger partial charge on any atom is 0.323 e. The summed E-state index contributed by atoms with van der Waals surface area (Å²) in [7, 11) is 1.42. The number of fused-ring (bicyclic) bond motifs is 3. The second-order valence-corrected chi connectivity index (χ2v) is 9.41. The van der Waals surface area contributed by atoms with Crippen LogP contribution in [0.3, 0.4) is 0 Å². The fourth-order valence-corrected chi connectivity index (χ4v) is 5.77. The molecule has 36 heavy (non-hydrogen) atoms. The minimum atomic E-state index is -0.771. The molecule has 0 heterocycles. The van der Waals surface area contributed by atoms with Gasteiger partial charge in [0.05, 0.1) is 12.6 Å². The fourth-order valence-electron chi connectivity index (χ4n) is 5.77. The van der Waals surface area contributed by atoms with Crippen LogP contribution >= 0.6 is 0 Å². The smallest absolute Gasteiger partial charge is 0.323 e. The Kier molecular flexibility index (Phi) is 6.73. The molecule has 1 N–H and O–H groups in total.